The molecule has 8 nitrogen and oxygen atoms in total. The molecule has 2 N–H and O–H groups in total. The molecule has 0 aromatic heterocycles. The zero-order valence-corrected chi connectivity index (χ0v) is 15.3. The zero-order valence-electron chi connectivity index (χ0n) is 15.3. The minimum absolute atomic E-state index is 0.0387. The molecular formula is C18H24O8. The highest BCUT2D eigenvalue weighted by Gasteiger charge is 2.58. The van der Waals surface area contributed by atoms with Crippen LogP contribution in [0.2, 0.25) is 0 Å². The molecule has 0 amide bonds. The molecule has 4 atom stereocenters. The summed E-state index contributed by atoms with van der Waals surface area (Å²) in [5.74, 6) is -2.68. The number of ether oxygens (including phenoxy) is 4. The second kappa shape index (κ2) is 6.16. The van der Waals surface area contributed by atoms with Crippen LogP contribution in [0.1, 0.15) is 40.0 Å². The van der Waals surface area contributed by atoms with Gasteiger partial charge >= 0.3 is 11.9 Å². The molecule has 0 unspecified atom stereocenters. The second-order valence-electron chi connectivity index (χ2n) is 7.47. The Morgan fingerprint density at radius 2 is 2.04 bits per heavy atom. The fourth-order valence-corrected chi connectivity index (χ4v) is 3.73. The largest absolute Gasteiger partial charge is 0.461 e. The number of rotatable bonds is 3. The summed E-state index contributed by atoms with van der Waals surface area (Å²) in [6.07, 6.45) is 1.48. The van der Waals surface area contributed by atoms with Gasteiger partial charge in [-0.3, -0.25) is 4.79 Å². The minimum Gasteiger partial charge on any atom is -0.461 e. The molecule has 0 radical (unpaired) electrons. The molecule has 0 aromatic carbocycles. The first kappa shape index (κ1) is 19.0. The van der Waals surface area contributed by atoms with Crippen molar-refractivity contribution in [3.63, 3.8) is 0 Å². The van der Waals surface area contributed by atoms with Gasteiger partial charge in [0, 0.05) is 32.4 Å². The Morgan fingerprint density at radius 3 is 2.65 bits per heavy atom. The van der Waals surface area contributed by atoms with Crippen molar-refractivity contribution in [3.05, 3.63) is 23.0 Å². The van der Waals surface area contributed by atoms with Gasteiger partial charge in [0.15, 0.2) is 5.79 Å². The van der Waals surface area contributed by atoms with Crippen molar-refractivity contribution in [2.45, 2.75) is 63.1 Å². The lowest BCUT2D eigenvalue weighted by Gasteiger charge is -2.40. The van der Waals surface area contributed by atoms with Gasteiger partial charge in [-0.1, -0.05) is 0 Å². The first-order chi connectivity index (χ1) is 12.0. The van der Waals surface area contributed by atoms with Crippen LogP contribution in [-0.4, -0.2) is 59.0 Å². The molecule has 0 aromatic rings. The summed E-state index contributed by atoms with van der Waals surface area (Å²) >= 11 is 0. The van der Waals surface area contributed by atoms with Gasteiger partial charge in [-0.25, -0.2) is 4.79 Å². The first-order valence-electron chi connectivity index (χ1n) is 8.50. The van der Waals surface area contributed by atoms with Gasteiger partial charge < -0.3 is 29.2 Å². The van der Waals surface area contributed by atoms with E-state index < -0.39 is 35.0 Å². The van der Waals surface area contributed by atoms with Gasteiger partial charge in [-0.05, 0) is 26.3 Å². The lowest BCUT2D eigenvalue weighted by Crippen LogP contribution is -2.54. The Morgan fingerprint density at radius 1 is 1.35 bits per heavy atom. The van der Waals surface area contributed by atoms with Crippen molar-refractivity contribution in [1.29, 1.82) is 0 Å². The maximum absolute atomic E-state index is 12.3. The Balaban J connectivity index is 2.13. The smallest absolute Gasteiger partial charge is 0.343 e. The fraction of sp³-hybridized carbons (Fsp3) is 0.667. The van der Waals surface area contributed by atoms with Crippen molar-refractivity contribution in [2.24, 2.45) is 0 Å². The minimum atomic E-state index is -1.76. The van der Waals surface area contributed by atoms with E-state index in [4.69, 9.17) is 18.9 Å². The van der Waals surface area contributed by atoms with Gasteiger partial charge in [0.2, 0.25) is 0 Å². The maximum Gasteiger partial charge on any atom is 0.343 e. The summed E-state index contributed by atoms with van der Waals surface area (Å²) in [4.78, 5) is 23.5. The van der Waals surface area contributed by atoms with E-state index in [1.807, 2.05) is 0 Å². The highest BCUT2D eigenvalue weighted by atomic mass is 16.7. The molecular weight excluding hydrogens is 344 g/mol. The van der Waals surface area contributed by atoms with Crippen molar-refractivity contribution in [2.75, 3.05) is 13.7 Å². The monoisotopic (exact) mass is 368 g/mol. The number of carbonyl (C=O) groups excluding carboxylic acids is 2. The van der Waals surface area contributed by atoms with E-state index >= 15 is 0 Å². The zero-order chi connectivity index (χ0) is 19.3. The molecule has 0 aliphatic carbocycles. The molecule has 26 heavy (non-hydrogen) atoms. The van der Waals surface area contributed by atoms with Crippen LogP contribution in [0, 0.1) is 0 Å². The van der Waals surface area contributed by atoms with Crippen LogP contribution in [0.25, 0.3) is 0 Å². The number of aliphatic hydroxyl groups is 2. The molecule has 3 heterocycles. The summed E-state index contributed by atoms with van der Waals surface area (Å²) in [6.45, 7) is 4.20. The van der Waals surface area contributed by atoms with E-state index in [0.29, 0.717) is 12.0 Å². The molecule has 0 spiro atoms. The van der Waals surface area contributed by atoms with Crippen LogP contribution in [-0.2, 0) is 28.5 Å². The maximum atomic E-state index is 12.3. The highest BCUT2D eigenvalue weighted by Crippen LogP contribution is 2.49. The number of hydrogen-bond acceptors (Lipinski definition) is 8. The van der Waals surface area contributed by atoms with Crippen molar-refractivity contribution < 1.29 is 38.7 Å². The predicted molar refractivity (Wildman–Crippen MR) is 87.5 cm³/mol. The van der Waals surface area contributed by atoms with E-state index in [2.05, 4.69) is 0 Å². The molecule has 1 fully saturated rings. The van der Waals surface area contributed by atoms with Gasteiger partial charge in [0.1, 0.15) is 18.0 Å². The standard InChI is InChI=1S/C18H24O8/c1-10(19)24-9-11-14-12(23-4)8-17(3,21)18(22)6-5-16(2,26-18)7-13(14)25-15(11)20/h7,12,21-22H,5-6,8-9H2,1-4H3/b13-7+/t12-,16-,17-,18+/m1/s1. The Bertz CT molecular complexity index is 706. The molecule has 3 rings (SSSR count). The lowest BCUT2D eigenvalue weighted by atomic mass is 9.82. The number of esters is 2. The average molecular weight is 368 g/mol. The van der Waals surface area contributed by atoms with Gasteiger partial charge in [-0.15, -0.1) is 0 Å². The van der Waals surface area contributed by atoms with E-state index in [0.717, 1.165) is 0 Å². The van der Waals surface area contributed by atoms with Crippen LogP contribution < -0.4 is 0 Å². The lowest BCUT2D eigenvalue weighted by molar-refractivity contribution is -0.298. The van der Waals surface area contributed by atoms with Crippen molar-refractivity contribution in [3.8, 4) is 0 Å². The van der Waals surface area contributed by atoms with Crippen molar-refractivity contribution >= 4 is 11.9 Å². The van der Waals surface area contributed by atoms with Crippen LogP contribution in [0.4, 0.5) is 0 Å². The van der Waals surface area contributed by atoms with Gasteiger partial charge in [0.05, 0.1) is 17.3 Å². The van der Waals surface area contributed by atoms with Crippen molar-refractivity contribution in [1.82, 2.24) is 0 Å². The van der Waals surface area contributed by atoms with E-state index in [-0.39, 0.29) is 30.8 Å². The number of carbonyl (C=O) groups is 2. The third-order valence-electron chi connectivity index (χ3n) is 5.29. The molecule has 1 saturated heterocycles. The summed E-state index contributed by atoms with van der Waals surface area (Å²) in [5.41, 5.74) is -2.01. The van der Waals surface area contributed by atoms with E-state index in [9.17, 15) is 19.8 Å². The summed E-state index contributed by atoms with van der Waals surface area (Å²) in [6, 6.07) is 0. The van der Waals surface area contributed by atoms with Crippen LogP contribution in [0.15, 0.2) is 23.0 Å². The number of hydrogen-bond donors (Lipinski definition) is 2. The molecule has 3 aliphatic rings. The second-order valence-corrected chi connectivity index (χ2v) is 7.47. The normalized spacial score (nSPS) is 41.5. The van der Waals surface area contributed by atoms with Crippen LogP contribution in [0.3, 0.4) is 0 Å². The molecule has 0 saturated carbocycles. The number of methoxy groups -OCH3 is 1. The Kier molecular flexibility index (Phi) is 4.51. The average Bonchev–Trinajstić information content (AvgIpc) is 3.00. The third-order valence-corrected chi connectivity index (χ3v) is 5.29. The third kappa shape index (κ3) is 3.07. The molecule has 3 aliphatic heterocycles. The molecule has 2 bridgehead atoms. The SMILES string of the molecule is CO[C@@H]1C[C@@](C)(O)[C@]2(O)CC[C@](C)(/C=C3/OC(=O)C(COC(C)=O)=C31)O2. The first-order valence-corrected chi connectivity index (χ1v) is 8.50. The molecule has 8 heteroatoms. The summed E-state index contributed by atoms with van der Waals surface area (Å²) < 4.78 is 21.7. The predicted octanol–water partition coefficient (Wildman–Crippen LogP) is 0.714. The Hall–Kier alpha value is -1.74. The van der Waals surface area contributed by atoms with Gasteiger partial charge in [0.25, 0.3) is 0 Å². The van der Waals surface area contributed by atoms with Gasteiger partial charge in [-0.2, -0.15) is 0 Å². The summed E-state index contributed by atoms with van der Waals surface area (Å²) in [5, 5.41) is 21.8. The Labute approximate surface area is 151 Å². The van der Waals surface area contributed by atoms with Crippen LogP contribution in [0.5, 0.6) is 0 Å². The van der Waals surface area contributed by atoms with Crippen LogP contribution >= 0.6 is 0 Å². The summed E-state index contributed by atoms with van der Waals surface area (Å²) in [7, 11) is 1.43. The van der Waals surface area contributed by atoms with E-state index in [1.165, 1.54) is 21.0 Å². The quantitative estimate of drug-likeness (QED) is 0.701. The fourth-order valence-electron chi connectivity index (χ4n) is 3.73. The molecule has 144 valence electrons. The topological polar surface area (TPSA) is 112 Å². The highest BCUT2D eigenvalue weighted by molar-refractivity contribution is 5.95. The van der Waals surface area contributed by atoms with E-state index in [1.54, 1.807) is 13.0 Å². The number of fused-ring (bicyclic) bond motifs is 3.